The molecule has 90 valence electrons. The van der Waals surface area contributed by atoms with Gasteiger partial charge in [-0.15, -0.1) is 0 Å². The number of benzene rings is 1. The van der Waals surface area contributed by atoms with E-state index in [-0.39, 0.29) is 5.78 Å². The average Bonchev–Trinajstić information content (AvgIpc) is 2.68. The Morgan fingerprint density at radius 1 is 1.47 bits per heavy atom. The molecule has 1 aliphatic rings. The van der Waals surface area contributed by atoms with Crippen LogP contribution in [0.1, 0.15) is 22.8 Å². The Labute approximate surface area is 99.5 Å². The third kappa shape index (κ3) is 1.90. The molecule has 1 atom stereocenters. The Balaban J connectivity index is 2.37. The average molecular weight is 234 g/mol. The molecule has 0 heterocycles. The molecule has 4 heteroatoms. The van der Waals surface area contributed by atoms with Gasteiger partial charge in [0.2, 0.25) is 0 Å². The van der Waals surface area contributed by atoms with Gasteiger partial charge < -0.3 is 9.47 Å². The van der Waals surface area contributed by atoms with E-state index in [4.69, 9.17) is 4.74 Å². The number of hydrogen-bond donors (Lipinski definition) is 0. The third-order valence-corrected chi connectivity index (χ3v) is 2.91. The number of carbonyl (C=O) groups is 2. The van der Waals surface area contributed by atoms with E-state index in [0.29, 0.717) is 24.3 Å². The number of fused-ring (bicyclic) bond motifs is 1. The van der Waals surface area contributed by atoms with Gasteiger partial charge in [0.1, 0.15) is 11.7 Å². The maximum Gasteiger partial charge on any atom is 0.316 e. The molecule has 0 saturated carbocycles. The largest absolute Gasteiger partial charge is 0.494 e. The molecule has 0 aliphatic heterocycles. The van der Waals surface area contributed by atoms with E-state index in [9.17, 15) is 9.59 Å². The Morgan fingerprint density at radius 3 is 2.88 bits per heavy atom. The van der Waals surface area contributed by atoms with Crippen LogP contribution in [0.25, 0.3) is 0 Å². The zero-order valence-corrected chi connectivity index (χ0v) is 9.86. The van der Waals surface area contributed by atoms with Crippen LogP contribution >= 0.6 is 0 Å². The predicted molar refractivity (Wildman–Crippen MR) is 61.2 cm³/mol. The second kappa shape index (κ2) is 4.57. The van der Waals surface area contributed by atoms with Crippen LogP contribution in [0, 0.1) is 5.92 Å². The first-order valence-electron chi connectivity index (χ1n) is 5.55. The Kier molecular flexibility index (Phi) is 3.13. The lowest BCUT2D eigenvalue weighted by Crippen LogP contribution is -2.21. The first-order valence-corrected chi connectivity index (χ1v) is 5.55. The molecule has 17 heavy (non-hydrogen) atoms. The molecule has 0 fully saturated rings. The van der Waals surface area contributed by atoms with Crippen LogP contribution < -0.4 is 4.74 Å². The summed E-state index contributed by atoms with van der Waals surface area (Å²) in [6.45, 7) is 2.42. The topological polar surface area (TPSA) is 52.6 Å². The van der Waals surface area contributed by atoms with Gasteiger partial charge in [-0.1, -0.05) is 12.1 Å². The first kappa shape index (κ1) is 11.6. The van der Waals surface area contributed by atoms with E-state index in [1.54, 1.807) is 12.1 Å². The Hall–Kier alpha value is -1.84. The van der Waals surface area contributed by atoms with Gasteiger partial charge >= 0.3 is 5.97 Å². The van der Waals surface area contributed by atoms with Gasteiger partial charge in [-0.05, 0) is 19.4 Å². The number of methoxy groups -OCH3 is 1. The van der Waals surface area contributed by atoms with Crippen molar-refractivity contribution in [1.82, 2.24) is 0 Å². The summed E-state index contributed by atoms with van der Waals surface area (Å²) in [6.07, 6.45) is 0.372. The van der Waals surface area contributed by atoms with Crippen LogP contribution in [-0.4, -0.2) is 25.5 Å². The van der Waals surface area contributed by atoms with Crippen LogP contribution in [0.15, 0.2) is 18.2 Å². The van der Waals surface area contributed by atoms with Crippen molar-refractivity contribution < 1.29 is 19.1 Å². The summed E-state index contributed by atoms with van der Waals surface area (Å²) in [7, 11) is 1.29. The highest BCUT2D eigenvalue weighted by Crippen LogP contribution is 2.34. The smallest absolute Gasteiger partial charge is 0.316 e. The highest BCUT2D eigenvalue weighted by Gasteiger charge is 2.38. The summed E-state index contributed by atoms with van der Waals surface area (Å²) in [6, 6.07) is 5.31. The molecule has 0 N–H and O–H groups in total. The SMILES string of the molecule is CCOc1cccc2c1CC(C(=O)OC)C2=O. The van der Waals surface area contributed by atoms with E-state index in [1.807, 2.05) is 13.0 Å². The Morgan fingerprint density at radius 2 is 2.24 bits per heavy atom. The second-order valence-corrected chi connectivity index (χ2v) is 3.86. The molecular weight excluding hydrogens is 220 g/mol. The molecular formula is C13H14O4. The standard InChI is InChI=1S/C13H14O4/c1-3-17-11-6-4-5-8-9(11)7-10(12(8)14)13(15)16-2/h4-6,10H,3,7H2,1-2H3. The van der Waals surface area contributed by atoms with Gasteiger partial charge in [0, 0.05) is 11.1 Å². The molecule has 0 radical (unpaired) electrons. The molecule has 1 aromatic carbocycles. The van der Waals surface area contributed by atoms with Crippen molar-refractivity contribution in [3.8, 4) is 5.75 Å². The molecule has 1 aromatic rings. The van der Waals surface area contributed by atoms with Crippen molar-refractivity contribution >= 4 is 11.8 Å². The number of carbonyl (C=O) groups excluding carboxylic acids is 2. The van der Waals surface area contributed by atoms with Crippen molar-refractivity contribution in [2.24, 2.45) is 5.92 Å². The monoisotopic (exact) mass is 234 g/mol. The van der Waals surface area contributed by atoms with Gasteiger partial charge in [0.25, 0.3) is 0 Å². The minimum atomic E-state index is -0.711. The molecule has 0 aromatic heterocycles. The van der Waals surface area contributed by atoms with Crippen LogP contribution in [0.3, 0.4) is 0 Å². The van der Waals surface area contributed by atoms with Crippen LogP contribution in [0.2, 0.25) is 0 Å². The van der Waals surface area contributed by atoms with Gasteiger partial charge in [-0.25, -0.2) is 0 Å². The summed E-state index contributed by atoms with van der Waals surface area (Å²) < 4.78 is 10.1. The number of Topliss-reactive ketones (excluding diaryl/α,β-unsaturated/α-hetero) is 1. The Bertz CT molecular complexity index is 464. The first-order chi connectivity index (χ1) is 8.19. The zero-order valence-electron chi connectivity index (χ0n) is 9.86. The fourth-order valence-corrected chi connectivity index (χ4v) is 2.11. The fourth-order valence-electron chi connectivity index (χ4n) is 2.11. The molecule has 4 nitrogen and oxygen atoms in total. The summed E-state index contributed by atoms with van der Waals surface area (Å²) in [4.78, 5) is 23.5. The number of rotatable bonds is 3. The molecule has 1 aliphatic carbocycles. The van der Waals surface area contributed by atoms with Gasteiger partial charge in [-0.3, -0.25) is 9.59 Å². The minimum absolute atomic E-state index is 0.173. The lowest BCUT2D eigenvalue weighted by molar-refractivity contribution is -0.143. The molecule has 0 spiro atoms. The molecule has 2 rings (SSSR count). The van der Waals surface area contributed by atoms with Crippen molar-refractivity contribution in [3.05, 3.63) is 29.3 Å². The van der Waals surface area contributed by atoms with E-state index in [1.165, 1.54) is 7.11 Å². The highest BCUT2D eigenvalue weighted by molar-refractivity contribution is 6.12. The van der Waals surface area contributed by atoms with Crippen LogP contribution in [-0.2, 0) is 16.0 Å². The molecule has 1 unspecified atom stereocenters. The van der Waals surface area contributed by atoms with Gasteiger partial charge in [0.05, 0.1) is 13.7 Å². The van der Waals surface area contributed by atoms with Crippen molar-refractivity contribution in [3.63, 3.8) is 0 Å². The lowest BCUT2D eigenvalue weighted by atomic mass is 10.1. The van der Waals surface area contributed by atoms with Gasteiger partial charge in [-0.2, -0.15) is 0 Å². The number of ether oxygens (including phenoxy) is 2. The third-order valence-electron chi connectivity index (χ3n) is 2.91. The maximum absolute atomic E-state index is 12.0. The summed E-state index contributed by atoms with van der Waals surface area (Å²) in [5.74, 6) is -0.677. The minimum Gasteiger partial charge on any atom is -0.494 e. The number of hydrogen-bond acceptors (Lipinski definition) is 4. The highest BCUT2D eigenvalue weighted by atomic mass is 16.5. The molecule has 0 saturated heterocycles. The lowest BCUT2D eigenvalue weighted by Gasteiger charge is -2.07. The maximum atomic E-state index is 12.0. The second-order valence-electron chi connectivity index (χ2n) is 3.86. The van der Waals surface area contributed by atoms with E-state index in [0.717, 1.165) is 5.56 Å². The van der Waals surface area contributed by atoms with E-state index >= 15 is 0 Å². The fraction of sp³-hybridized carbons (Fsp3) is 0.385. The summed E-state index contributed by atoms with van der Waals surface area (Å²) in [5, 5.41) is 0. The zero-order chi connectivity index (χ0) is 12.4. The van der Waals surface area contributed by atoms with E-state index < -0.39 is 11.9 Å². The quantitative estimate of drug-likeness (QED) is 0.589. The van der Waals surface area contributed by atoms with E-state index in [2.05, 4.69) is 4.74 Å². The van der Waals surface area contributed by atoms with Gasteiger partial charge in [0.15, 0.2) is 5.78 Å². The molecule has 0 amide bonds. The molecule has 0 bridgehead atoms. The van der Waals surface area contributed by atoms with Crippen LogP contribution in [0.5, 0.6) is 5.75 Å². The number of esters is 1. The predicted octanol–water partition coefficient (Wildman–Crippen LogP) is 1.61. The number of ketones is 1. The van der Waals surface area contributed by atoms with Crippen LogP contribution in [0.4, 0.5) is 0 Å². The normalized spacial score (nSPS) is 17.8. The van der Waals surface area contributed by atoms with Crippen molar-refractivity contribution in [2.75, 3.05) is 13.7 Å². The van der Waals surface area contributed by atoms with Crippen molar-refractivity contribution in [2.45, 2.75) is 13.3 Å². The summed E-state index contributed by atoms with van der Waals surface area (Å²) in [5.41, 5.74) is 1.39. The summed E-state index contributed by atoms with van der Waals surface area (Å²) >= 11 is 0. The van der Waals surface area contributed by atoms with Crippen molar-refractivity contribution in [1.29, 1.82) is 0 Å².